The Morgan fingerprint density at radius 3 is 1.30 bits per heavy atom. The first-order valence-corrected chi connectivity index (χ1v) is 35.0. The Morgan fingerprint density at radius 1 is 0.510 bits per heavy atom. The molecule has 0 bridgehead atoms. The first kappa shape index (κ1) is 76.8. The highest BCUT2D eigenvalue weighted by molar-refractivity contribution is 7.85. The average molecular weight is 1370 g/mol. The van der Waals surface area contributed by atoms with Crippen LogP contribution >= 0.6 is 0 Å². The summed E-state index contributed by atoms with van der Waals surface area (Å²) in [4.78, 5) is 73.4. The first-order valence-electron chi connectivity index (χ1n) is 33.4. The Balaban J connectivity index is 1.13. The molecule has 1 amide bonds. The topological polar surface area (TPSA) is 248 Å². The Hall–Kier alpha value is -8.54. The van der Waals surface area contributed by atoms with Gasteiger partial charge in [0.1, 0.15) is 39.9 Å². The van der Waals surface area contributed by atoms with Gasteiger partial charge < -0.3 is 47.4 Å². The minimum absolute atomic E-state index is 0.113. The van der Waals surface area contributed by atoms with E-state index in [1.165, 1.54) is 21.3 Å². The zero-order valence-corrected chi connectivity index (χ0v) is 59.7. The lowest BCUT2D eigenvalue weighted by molar-refractivity contribution is -0.890. The number of carbonyl (C=O) groups is 4. The van der Waals surface area contributed by atoms with Crippen molar-refractivity contribution in [3.05, 3.63) is 154 Å². The van der Waals surface area contributed by atoms with E-state index in [4.69, 9.17) is 52.7 Å². The van der Waals surface area contributed by atoms with Gasteiger partial charge in [-0.3, -0.25) is 19.3 Å². The standard InChI is InChI=1S/C74H97N9O14S/c1-12-38-82(5,6)39-14-43-95-65-27-21-57(22-28-65)59-48-62(77-68(50-59)71(85)92-10)53-80-34-32-79(52-61-46-56(47-67(76-61)70(84)91-9)18-17-55-19-25-64(26-20-55)94-42-13-31-75-73(87)97-74(2,3)4)33-35-81(37-36-80)54-63-49-60(51-69(78-63)72(86)93-11)58-23-29-66(30-24-58)96-44-15-40-83(7,8)41-16-45-98(88,89)90/h19-30,46-51H,12-16,31-45,52-54H2,1-11H3/p+2. The number of hydrogen-bond acceptors (Lipinski definition) is 19. The normalized spacial score (nSPS) is 13.6. The number of nitrogens with one attached hydrogen (secondary N) is 1. The Labute approximate surface area is 578 Å². The van der Waals surface area contributed by atoms with Gasteiger partial charge in [-0.25, -0.2) is 34.1 Å². The second kappa shape index (κ2) is 36.9. The second-order valence-electron chi connectivity index (χ2n) is 26.8. The number of benzene rings is 3. The molecule has 24 heteroatoms. The van der Waals surface area contributed by atoms with E-state index in [0.29, 0.717) is 143 Å². The Kier molecular flexibility index (Phi) is 28.9. The maximum Gasteiger partial charge on any atom is 0.407 e. The molecule has 4 heterocycles. The molecule has 528 valence electrons. The Morgan fingerprint density at radius 2 is 0.888 bits per heavy atom. The summed E-state index contributed by atoms with van der Waals surface area (Å²) < 4.78 is 72.4. The van der Waals surface area contributed by atoms with Gasteiger partial charge >= 0.3 is 24.0 Å². The molecule has 1 aliphatic heterocycles. The smallest absolute Gasteiger partial charge is 0.407 e. The van der Waals surface area contributed by atoms with E-state index in [1.807, 2.05) is 126 Å². The zero-order valence-electron chi connectivity index (χ0n) is 58.9. The average Bonchev–Trinajstić information content (AvgIpc) is 0.913. The number of amides is 1. The number of aromatic nitrogens is 3. The van der Waals surface area contributed by atoms with E-state index in [9.17, 15) is 27.6 Å². The number of methoxy groups -OCH3 is 3. The quantitative estimate of drug-likeness (QED) is 0.00996. The molecule has 2 N–H and O–H groups in total. The van der Waals surface area contributed by atoms with Crippen molar-refractivity contribution in [2.75, 3.05) is 147 Å². The lowest BCUT2D eigenvalue weighted by Crippen LogP contribution is -2.42. The number of hydrogen-bond donors (Lipinski definition) is 2. The molecule has 1 fully saturated rings. The Bertz CT molecular complexity index is 3780. The van der Waals surface area contributed by atoms with Crippen LogP contribution in [0.5, 0.6) is 17.2 Å². The van der Waals surface area contributed by atoms with Gasteiger partial charge in [0, 0.05) is 95.8 Å². The van der Waals surface area contributed by atoms with Crippen LogP contribution in [-0.4, -0.2) is 228 Å². The van der Waals surface area contributed by atoms with Crippen molar-refractivity contribution < 1.29 is 74.3 Å². The molecular weight excluding hydrogens is 1270 g/mol. The van der Waals surface area contributed by atoms with Crippen LogP contribution in [0, 0.1) is 11.8 Å². The van der Waals surface area contributed by atoms with Crippen molar-refractivity contribution in [2.45, 2.75) is 85.0 Å². The number of ether oxygens (including phenoxy) is 7. The summed E-state index contributed by atoms with van der Waals surface area (Å²) in [5, 5.41) is 2.74. The van der Waals surface area contributed by atoms with Crippen LogP contribution in [-0.2, 0) is 48.7 Å². The van der Waals surface area contributed by atoms with Crippen LogP contribution in [0.1, 0.15) is 119 Å². The summed E-state index contributed by atoms with van der Waals surface area (Å²) in [7, 11) is 8.49. The maximum atomic E-state index is 13.4. The highest BCUT2D eigenvalue weighted by atomic mass is 32.2. The van der Waals surface area contributed by atoms with Crippen molar-refractivity contribution in [1.29, 1.82) is 0 Å². The first-order chi connectivity index (χ1) is 46.7. The van der Waals surface area contributed by atoms with E-state index >= 15 is 0 Å². The monoisotopic (exact) mass is 1370 g/mol. The minimum Gasteiger partial charge on any atom is -0.494 e. The summed E-state index contributed by atoms with van der Waals surface area (Å²) in [6, 6.07) is 33.8. The van der Waals surface area contributed by atoms with Gasteiger partial charge in [-0.1, -0.05) is 43.0 Å². The van der Waals surface area contributed by atoms with E-state index in [1.54, 1.807) is 18.2 Å². The molecule has 1 aliphatic rings. The number of rotatable bonds is 32. The minimum atomic E-state index is -4.01. The van der Waals surface area contributed by atoms with E-state index in [-0.39, 0.29) is 22.8 Å². The molecule has 0 unspecified atom stereocenters. The van der Waals surface area contributed by atoms with Crippen molar-refractivity contribution in [2.24, 2.45) is 0 Å². The van der Waals surface area contributed by atoms with Crippen molar-refractivity contribution >= 4 is 34.1 Å². The number of alkyl carbamates (subject to hydrolysis) is 1. The van der Waals surface area contributed by atoms with Crippen LogP contribution < -0.4 is 19.5 Å². The molecule has 98 heavy (non-hydrogen) atoms. The third-order valence-electron chi connectivity index (χ3n) is 16.4. The lowest BCUT2D eigenvalue weighted by Gasteiger charge is -2.29. The highest BCUT2D eigenvalue weighted by Gasteiger charge is 2.24. The van der Waals surface area contributed by atoms with E-state index in [0.717, 1.165) is 76.9 Å². The highest BCUT2D eigenvalue weighted by Crippen LogP contribution is 2.28. The molecule has 0 saturated carbocycles. The summed E-state index contributed by atoms with van der Waals surface area (Å²) in [6.45, 7) is 17.4. The fourth-order valence-electron chi connectivity index (χ4n) is 11.3. The largest absolute Gasteiger partial charge is 0.494 e. The van der Waals surface area contributed by atoms with Crippen LogP contribution in [0.2, 0.25) is 0 Å². The fourth-order valence-corrected chi connectivity index (χ4v) is 11.8. The van der Waals surface area contributed by atoms with E-state index in [2.05, 4.69) is 52.9 Å². The van der Waals surface area contributed by atoms with Gasteiger partial charge in [0.25, 0.3) is 10.1 Å². The molecular formula is C74H99N9O14S+2. The van der Waals surface area contributed by atoms with Crippen LogP contribution in [0.3, 0.4) is 0 Å². The van der Waals surface area contributed by atoms with Gasteiger partial charge in [0.15, 0.2) is 0 Å². The zero-order chi connectivity index (χ0) is 70.9. The molecule has 0 radical (unpaired) electrons. The number of carbonyl (C=O) groups excluding carboxylic acids is 4. The second-order valence-corrected chi connectivity index (χ2v) is 28.3. The molecule has 0 aliphatic carbocycles. The molecule has 23 nitrogen and oxygen atoms in total. The molecule has 3 aromatic heterocycles. The number of esters is 3. The van der Waals surface area contributed by atoms with Gasteiger partial charge in [-0.2, -0.15) is 8.42 Å². The van der Waals surface area contributed by atoms with Gasteiger partial charge in [0.2, 0.25) is 0 Å². The number of nitrogens with zero attached hydrogens (tertiary/aromatic N) is 8. The third kappa shape index (κ3) is 26.7. The lowest BCUT2D eigenvalue weighted by atomic mass is 10.0. The van der Waals surface area contributed by atoms with Gasteiger partial charge in [-0.05, 0) is 141 Å². The van der Waals surface area contributed by atoms with E-state index < -0.39 is 39.7 Å². The van der Waals surface area contributed by atoms with Crippen molar-refractivity contribution in [3.63, 3.8) is 0 Å². The molecule has 7 rings (SSSR count). The molecule has 3 aromatic carbocycles. The fraction of sp³-hybridized carbons (Fsp3) is 0.473. The number of quaternary nitrogens is 2. The predicted octanol–water partition coefficient (Wildman–Crippen LogP) is 9.46. The maximum absolute atomic E-state index is 13.4. The van der Waals surface area contributed by atoms with Crippen LogP contribution in [0.15, 0.2) is 109 Å². The third-order valence-corrected chi connectivity index (χ3v) is 17.2. The molecule has 6 aromatic rings. The van der Waals surface area contributed by atoms with Gasteiger partial charge in [0.05, 0.1) is 118 Å². The van der Waals surface area contributed by atoms with Crippen LogP contribution in [0.25, 0.3) is 22.3 Å². The summed E-state index contributed by atoms with van der Waals surface area (Å²) in [6.07, 6.45) is 3.22. The predicted molar refractivity (Wildman–Crippen MR) is 375 cm³/mol. The van der Waals surface area contributed by atoms with Crippen LogP contribution in [0.4, 0.5) is 4.79 Å². The summed E-state index contributed by atoms with van der Waals surface area (Å²) in [5.74, 6) is 6.52. The van der Waals surface area contributed by atoms with Gasteiger partial charge in [-0.15, -0.1) is 0 Å². The van der Waals surface area contributed by atoms with Crippen molar-refractivity contribution in [3.8, 4) is 51.3 Å². The SMILES string of the molecule is CCC[N+](C)(C)CCCOc1ccc(-c2cc(CN3CCN(Cc4cc(C#Cc5ccc(OCCCNC(=O)OC(C)(C)C)cc5)cc(C(=O)OC)n4)CCN(Cc4cc(-c5ccc(OCCC[N+](C)(C)CCCS(=O)(=O)O)cc5)cc(C(=O)OC)n4)CC3)nc(C(=O)OC)c2)cc1. The summed E-state index contributed by atoms with van der Waals surface area (Å²) >= 11 is 0. The molecule has 0 atom stereocenters. The molecule has 0 spiro atoms. The molecule has 1 saturated heterocycles. The number of pyridine rings is 3. The van der Waals surface area contributed by atoms with Crippen molar-refractivity contribution in [1.82, 2.24) is 35.0 Å². The summed E-state index contributed by atoms with van der Waals surface area (Å²) in [5.41, 5.74) is 6.33.